The van der Waals surface area contributed by atoms with Gasteiger partial charge in [0.15, 0.2) is 9.84 Å². The maximum atomic E-state index is 14.4. The number of hydrogen-bond acceptors (Lipinski definition) is 5. The van der Waals surface area contributed by atoms with Crippen molar-refractivity contribution in [2.75, 3.05) is 0 Å². The third-order valence-corrected chi connectivity index (χ3v) is 7.19. The van der Waals surface area contributed by atoms with Crippen molar-refractivity contribution in [3.8, 4) is 11.8 Å². The molecule has 0 N–H and O–H groups in total. The topological polar surface area (TPSA) is 92.8 Å². The quantitative estimate of drug-likeness (QED) is 0.648. The number of fused-ring (bicyclic) bond motifs is 1. The number of benzene rings is 2. The highest BCUT2D eigenvalue weighted by molar-refractivity contribution is 7.92. The van der Waals surface area contributed by atoms with Gasteiger partial charge in [-0.15, -0.1) is 0 Å². The number of rotatable bonds is 3. The molecule has 2 aromatic carbocycles. The van der Waals surface area contributed by atoms with Gasteiger partial charge in [0.1, 0.15) is 12.1 Å². The Morgan fingerprint density at radius 2 is 2.00 bits per heavy atom. The lowest BCUT2D eigenvalue weighted by Gasteiger charge is -2.10. The van der Waals surface area contributed by atoms with Crippen LogP contribution in [0.15, 0.2) is 52.4 Å². The minimum atomic E-state index is -3.57. The SMILES string of the molecule is CC1CC1S(=O)(=O)c1ccc(F)c(-n2cnc3cc(C#N)ccc3c2=O)c1. The second kappa shape index (κ2) is 5.99. The first-order valence-electron chi connectivity index (χ1n) is 8.28. The van der Waals surface area contributed by atoms with Gasteiger partial charge in [-0.25, -0.2) is 17.8 Å². The molecule has 0 saturated heterocycles. The van der Waals surface area contributed by atoms with Crippen molar-refractivity contribution in [1.82, 2.24) is 9.55 Å². The highest BCUT2D eigenvalue weighted by Crippen LogP contribution is 2.40. The first-order chi connectivity index (χ1) is 12.8. The number of nitriles is 1. The molecule has 2 atom stereocenters. The van der Waals surface area contributed by atoms with Crippen LogP contribution in [0.4, 0.5) is 4.39 Å². The highest BCUT2D eigenvalue weighted by Gasteiger charge is 2.44. The Hall–Kier alpha value is -3.05. The van der Waals surface area contributed by atoms with Gasteiger partial charge in [-0.2, -0.15) is 5.26 Å². The molecule has 0 bridgehead atoms. The molecule has 0 spiro atoms. The van der Waals surface area contributed by atoms with Crippen LogP contribution < -0.4 is 5.56 Å². The summed E-state index contributed by atoms with van der Waals surface area (Å²) < 4.78 is 40.6. The summed E-state index contributed by atoms with van der Waals surface area (Å²) in [5.41, 5.74) is -0.0536. The molecule has 1 aliphatic rings. The van der Waals surface area contributed by atoms with E-state index in [0.717, 1.165) is 17.0 Å². The molecule has 8 heteroatoms. The van der Waals surface area contributed by atoms with Crippen molar-refractivity contribution in [3.05, 3.63) is 64.5 Å². The Balaban J connectivity index is 1.89. The van der Waals surface area contributed by atoms with Gasteiger partial charge in [0.25, 0.3) is 5.56 Å². The molecular formula is C19H14FN3O3S. The Morgan fingerprint density at radius 3 is 2.67 bits per heavy atom. The van der Waals surface area contributed by atoms with Crippen LogP contribution >= 0.6 is 0 Å². The van der Waals surface area contributed by atoms with Gasteiger partial charge >= 0.3 is 0 Å². The van der Waals surface area contributed by atoms with E-state index >= 15 is 0 Å². The van der Waals surface area contributed by atoms with Gasteiger partial charge in [-0.1, -0.05) is 6.92 Å². The first-order valence-corrected chi connectivity index (χ1v) is 9.83. The zero-order valence-corrected chi connectivity index (χ0v) is 15.1. The van der Waals surface area contributed by atoms with E-state index in [1.54, 1.807) is 0 Å². The molecule has 4 rings (SSSR count). The second-order valence-corrected chi connectivity index (χ2v) is 8.84. The maximum absolute atomic E-state index is 14.4. The fraction of sp³-hybridized carbons (Fsp3) is 0.211. The summed E-state index contributed by atoms with van der Waals surface area (Å²) in [6.45, 7) is 1.85. The summed E-state index contributed by atoms with van der Waals surface area (Å²) in [6, 6.07) is 9.79. The van der Waals surface area contributed by atoms with Crippen molar-refractivity contribution in [3.63, 3.8) is 0 Å². The molecule has 1 heterocycles. The van der Waals surface area contributed by atoms with Crippen LogP contribution in [0, 0.1) is 23.1 Å². The Morgan fingerprint density at radius 1 is 1.26 bits per heavy atom. The van der Waals surface area contributed by atoms with Crippen molar-refractivity contribution in [2.45, 2.75) is 23.5 Å². The number of aromatic nitrogens is 2. The summed E-state index contributed by atoms with van der Waals surface area (Å²) in [4.78, 5) is 16.9. The Kier molecular flexibility index (Phi) is 3.86. The van der Waals surface area contributed by atoms with Crippen LogP contribution in [0.2, 0.25) is 0 Å². The van der Waals surface area contributed by atoms with Gasteiger partial charge in [-0.3, -0.25) is 9.36 Å². The number of halogens is 1. The third-order valence-electron chi connectivity index (χ3n) is 4.83. The van der Waals surface area contributed by atoms with E-state index in [0.29, 0.717) is 17.5 Å². The molecule has 0 amide bonds. The van der Waals surface area contributed by atoms with Crippen molar-refractivity contribution in [1.29, 1.82) is 5.26 Å². The van der Waals surface area contributed by atoms with Crippen molar-refractivity contribution >= 4 is 20.7 Å². The summed E-state index contributed by atoms with van der Waals surface area (Å²) in [5, 5.41) is 8.69. The van der Waals surface area contributed by atoms with Crippen LogP contribution in [-0.4, -0.2) is 23.2 Å². The van der Waals surface area contributed by atoms with Crippen molar-refractivity contribution < 1.29 is 12.8 Å². The molecule has 1 fully saturated rings. The lowest BCUT2D eigenvalue weighted by Crippen LogP contribution is -2.20. The van der Waals surface area contributed by atoms with Gasteiger partial charge in [0.05, 0.1) is 38.4 Å². The van der Waals surface area contributed by atoms with Gasteiger partial charge in [0, 0.05) is 0 Å². The Labute approximate surface area is 154 Å². The molecule has 1 aliphatic carbocycles. The molecule has 1 saturated carbocycles. The third kappa shape index (κ3) is 2.80. The molecule has 2 unspecified atom stereocenters. The molecular weight excluding hydrogens is 369 g/mol. The summed E-state index contributed by atoms with van der Waals surface area (Å²) in [6.07, 6.45) is 1.72. The highest BCUT2D eigenvalue weighted by atomic mass is 32.2. The monoisotopic (exact) mass is 383 g/mol. The van der Waals surface area contributed by atoms with Gasteiger partial charge in [0.2, 0.25) is 0 Å². The summed E-state index contributed by atoms with van der Waals surface area (Å²) in [7, 11) is -3.57. The predicted octanol–water partition coefficient (Wildman–Crippen LogP) is 2.58. The first kappa shape index (κ1) is 17.4. The molecule has 27 heavy (non-hydrogen) atoms. The van der Waals surface area contributed by atoms with E-state index in [9.17, 15) is 17.6 Å². The number of sulfone groups is 1. The van der Waals surface area contributed by atoms with E-state index in [1.165, 1.54) is 30.3 Å². The molecule has 1 aromatic heterocycles. The van der Waals surface area contributed by atoms with Crippen LogP contribution in [0.3, 0.4) is 0 Å². The van der Waals surface area contributed by atoms with Crippen LogP contribution in [0.1, 0.15) is 18.9 Å². The maximum Gasteiger partial charge on any atom is 0.265 e. The van der Waals surface area contributed by atoms with Crippen LogP contribution in [0.25, 0.3) is 16.6 Å². The van der Waals surface area contributed by atoms with Crippen molar-refractivity contribution in [2.24, 2.45) is 5.92 Å². The fourth-order valence-electron chi connectivity index (χ4n) is 3.11. The van der Waals surface area contributed by atoms with E-state index in [4.69, 9.17) is 5.26 Å². The van der Waals surface area contributed by atoms with Crippen LogP contribution in [-0.2, 0) is 9.84 Å². The minimum absolute atomic E-state index is 0.0138. The standard InChI is InChI=1S/C19H14FN3O3S/c1-11-6-18(11)27(25,26)13-3-5-15(20)17(8-13)23-10-22-16-7-12(9-21)2-4-14(16)19(23)24/h2-5,7-8,10-11,18H,6H2,1H3. The molecule has 6 nitrogen and oxygen atoms in total. The fourth-order valence-corrected chi connectivity index (χ4v) is 5.16. The Bertz CT molecular complexity index is 1290. The lowest BCUT2D eigenvalue weighted by molar-refractivity contribution is 0.590. The van der Waals surface area contributed by atoms with Crippen LogP contribution in [0.5, 0.6) is 0 Å². The second-order valence-electron chi connectivity index (χ2n) is 6.67. The van der Waals surface area contributed by atoms with Gasteiger partial charge < -0.3 is 0 Å². The normalized spacial score (nSPS) is 19.0. The van der Waals surface area contributed by atoms with E-state index < -0.39 is 26.5 Å². The zero-order valence-electron chi connectivity index (χ0n) is 14.3. The van der Waals surface area contributed by atoms with E-state index in [2.05, 4.69) is 4.98 Å². The van der Waals surface area contributed by atoms with E-state index in [1.807, 2.05) is 13.0 Å². The largest absolute Gasteiger partial charge is 0.268 e. The number of nitrogens with zero attached hydrogens (tertiary/aromatic N) is 3. The van der Waals surface area contributed by atoms with E-state index in [-0.39, 0.29) is 21.9 Å². The zero-order chi connectivity index (χ0) is 19.3. The average molecular weight is 383 g/mol. The van der Waals surface area contributed by atoms with Gasteiger partial charge in [-0.05, 0) is 48.7 Å². The molecule has 0 aliphatic heterocycles. The smallest absolute Gasteiger partial charge is 0.265 e. The average Bonchev–Trinajstić information content (AvgIpc) is 3.40. The summed E-state index contributed by atoms with van der Waals surface area (Å²) >= 11 is 0. The number of hydrogen-bond donors (Lipinski definition) is 0. The summed E-state index contributed by atoms with van der Waals surface area (Å²) in [5.74, 6) is -0.655. The predicted molar refractivity (Wildman–Crippen MR) is 96.8 cm³/mol. The minimum Gasteiger partial charge on any atom is -0.268 e. The molecule has 136 valence electrons. The molecule has 0 radical (unpaired) electrons. The lowest BCUT2D eigenvalue weighted by atomic mass is 10.1. The molecule has 3 aromatic rings.